The summed E-state index contributed by atoms with van der Waals surface area (Å²) >= 11 is 0. The Labute approximate surface area is 221 Å². The van der Waals surface area contributed by atoms with Gasteiger partial charge in [-0.15, -0.1) is 0 Å². The van der Waals surface area contributed by atoms with Gasteiger partial charge in [0.05, 0.1) is 17.7 Å². The lowest BCUT2D eigenvalue weighted by atomic mass is 9.93. The first-order valence-corrected chi connectivity index (χ1v) is 13.7. The summed E-state index contributed by atoms with van der Waals surface area (Å²) in [6.45, 7) is 6.79. The Bertz CT molecular complexity index is 1150. The summed E-state index contributed by atoms with van der Waals surface area (Å²) in [5.74, 6) is -0.870. The second kappa shape index (κ2) is 14.4. The van der Waals surface area contributed by atoms with E-state index in [4.69, 9.17) is 4.74 Å². The predicted molar refractivity (Wildman–Crippen MR) is 151 cm³/mol. The third kappa shape index (κ3) is 8.31. The molecule has 0 heterocycles. The molecule has 0 aliphatic carbocycles. The lowest BCUT2D eigenvalue weighted by Crippen LogP contribution is -2.11. The van der Waals surface area contributed by atoms with Crippen LogP contribution in [0.2, 0.25) is 0 Å². The van der Waals surface area contributed by atoms with E-state index < -0.39 is 5.97 Å². The Morgan fingerprint density at radius 2 is 1.38 bits per heavy atom. The normalized spacial score (nSPS) is 11.8. The minimum Gasteiger partial charge on any atom is -0.478 e. The first-order chi connectivity index (χ1) is 17.9. The van der Waals surface area contributed by atoms with Crippen molar-refractivity contribution in [1.82, 2.24) is 0 Å². The van der Waals surface area contributed by atoms with Gasteiger partial charge in [0.2, 0.25) is 0 Å². The second-order valence-corrected chi connectivity index (χ2v) is 9.97. The van der Waals surface area contributed by atoms with Gasteiger partial charge in [-0.2, -0.15) is 0 Å². The van der Waals surface area contributed by atoms with Crippen molar-refractivity contribution in [3.8, 4) is 22.3 Å². The van der Waals surface area contributed by atoms with Gasteiger partial charge < -0.3 is 9.84 Å². The smallest absolute Gasteiger partial charge is 0.338 e. The molecule has 196 valence electrons. The van der Waals surface area contributed by atoms with Gasteiger partial charge in [-0.25, -0.2) is 9.59 Å². The van der Waals surface area contributed by atoms with Crippen LogP contribution < -0.4 is 0 Å². The van der Waals surface area contributed by atoms with Crippen LogP contribution in [0, 0.1) is 5.92 Å². The van der Waals surface area contributed by atoms with Crippen molar-refractivity contribution >= 4 is 11.9 Å². The van der Waals surface area contributed by atoms with Gasteiger partial charge in [-0.1, -0.05) is 108 Å². The predicted octanol–water partition coefficient (Wildman–Crippen LogP) is 8.82. The van der Waals surface area contributed by atoms with Crippen LogP contribution in [0.4, 0.5) is 0 Å². The van der Waals surface area contributed by atoms with E-state index in [1.165, 1.54) is 37.7 Å². The Balaban J connectivity index is 1.70. The van der Waals surface area contributed by atoms with Gasteiger partial charge in [-0.3, -0.25) is 0 Å². The Hall–Kier alpha value is -3.40. The zero-order valence-electron chi connectivity index (χ0n) is 22.5. The van der Waals surface area contributed by atoms with Gasteiger partial charge >= 0.3 is 11.9 Å². The third-order valence-corrected chi connectivity index (χ3v) is 6.98. The van der Waals surface area contributed by atoms with Crippen molar-refractivity contribution in [2.24, 2.45) is 5.92 Å². The fourth-order valence-corrected chi connectivity index (χ4v) is 4.34. The van der Waals surface area contributed by atoms with Gasteiger partial charge in [0.25, 0.3) is 0 Å². The zero-order chi connectivity index (χ0) is 26.6. The summed E-state index contributed by atoms with van der Waals surface area (Å²) in [5, 5.41) is 9.76. The number of rotatable bonds is 14. The molecule has 1 unspecified atom stereocenters. The largest absolute Gasteiger partial charge is 0.478 e. The van der Waals surface area contributed by atoms with Crippen LogP contribution >= 0.6 is 0 Å². The first kappa shape index (κ1) is 28.2. The second-order valence-electron chi connectivity index (χ2n) is 9.97. The molecule has 3 aromatic rings. The number of unbranched alkanes of at least 4 members (excludes halogenated alkanes) is 5. The number of carboxylic acid groups (broad SMARTS) is 1. The summed E-state index contributed by atoms with van der Waals surface area (Å²) in [5.41, 5.74) is 5.66. The maximum atomic E-state index is 12.3. The van der Waals surface area contributed by atoms with Crippen LogP contribution in [-0.4, -0.2) is 23.7 Å². The highest BCUT2D eigenvalue weighted by molar-refractivity contribution is 5.96. The number of ether oxygens (including phenoxy) is 1. The molecule has 3 aromatic carbocycles. The Kier molecular flexibility index (Phi) is 10.9. The van der Waals surface area contributed by atoms with E-state index >= 15 is 0 Å². The topological polar surface area (TPSA) is 63.6 Å². The highest BCUT2D eigenvalue weighted by Gasteiger charge is 2.14. The van der Waals surface area contributed by atoms with Gasteiger partial charge in [0.1, 0.15) is 0 Å². The summed E-state index contributed by atoms with van der Waals surface area (Å²) < 4.78 is 5.39. The molecule has 1 N–H and O–H groups in total. The Morgan fingerprint density at radius 1 is 0.784 bits per heavy atom. The molecule has 0 saturated heterocycles. The fourth-order valence-electron chi connectivity index (χ4n) is 4.34. The summed E-state index contributed by atoms with van der Waals surface area (Å²) in [7, 11) is 0. The average molecular weight is 501 g/mol. The van der Waals surface area contributed by atoms with Crippen molar-refractivity contribution in [3.63, 3.8) is 0 Å². The van der Waals surface area contributed by atoms with Crippen LogP contribution in [0.1, 0.15) is 92.0 Å². The van der Waals surface area contributed by atoms with Crippen molar-refractivity contribution in [1.29, 1.82) is 0 Å². The van der Waals surface area contributed by atoms with Crippen LogP contribution in [-0.2, 0) is 11.2 Å². The number of hydrogen-bond donors (Lipinski definition) is 1. The summed E-state index contributed by atoms with van der Waals surface area (Å²) in [4.78, 5) is 24.2. The highest BCUT2D eigenvalue weighted by Crippen LogP contribution is 2.29. The van der Waals surface area contributed by atoms with Crippen molar-refractivity contribution in [3.05, 3.63) is 83.4 Å². The molecule has 0 radical (unpaired) electrons. The fraction of sp³-hybridized carbons (Fsp3) is 0.394. The van der Waals surface area contributed by atoms with Gasteiger partial charge in [-0.05, 0) is 64.8 Å². The maximum Gasteiger partial charge on any atom is 0.338 e. The van der Waals surface area contributed by atoms with Gasteiger partial charge in [0, 0.05) is 0 Å². The third-order valence-electron chi connectivity index (χ3n) is 6.98. The molecular formula is C33H40O4. The van der Waals surface area contributed by atoms with Crippen molar-refractivity contribution in [2.45, 2.75) is 72.1 Å². The van der Waals surface area contributed by atoms with E-state index in [2.05, 4.69) is 20.8 Å². The van der Waals surface area contributed by atoms with Crippen LogP contribution in [0.5, 0.6) is 0 Å². The highest BCUT2D eigenvalue weighted by atomic mass is 16.5. The first-order valence-electron chi connectivity index (χ1n) is 13.7. The molecule has 0 aromatic heterocycles. The molecule has 0 saturated carbocycles. The number of aromatic carboxylic acids is 1. The van der Waals surface area contributed by atoms with Gasteiger partial charge in [0.15, 0.2) is 0 Å². The summed E-state index contributed by atoms with van der Waals surface area (Å²) in [6.07, 6.45) is 9.35. The van der Waals surface area contributed by atoms with Crippen molar-refractivity contribution < 1.29 is 19.4 Å². The number of esters is 1. The van der Waals surface area contributed by atoms with Crippen LogP contribution in [0.3, 0.4) is 0 Å². The Morgan fingerprint density at radius 3 is 2.00 bits per heavy atom. The number of carbonyl (C=O) groups excluding carboxylic acids is 1. The van der Waals surface area contributed by atoms with Crippen LogP contribution in [0.25, 0.3) is 22.3 Å². The number of carboxylic acids is 1. The zero-order valence-corrected chi connectivity index (χ0v) is 22.5. The van der Waals surface area contributed by atoms with E-state index in [-0.39, 0.29) is 5.97 Å². The molecule has 0 amide bonds. The molecular weight excluding hydrogens is 460 g/mol. The molecule has 3 rings (SSSR count). The molecule has 37 heavy (non-hydrogen) atoms. The van der Waals surface area contributed by atoms with Crippen LogP contribution in [0.15, 0.2) is 66.7 Å². The molecule has 4 nitrogen and oxygen atoms in total. The minimum atomic E-state index is -0.916. The molecule has 0 aliphatic rings. The standard InChI is InChI=1S/C33H40O4/c1-4-6-7-8-9-10-11-25-12-21-30(32(34)35)31(22-25)28-17-13-26(14-18-28)27-15-19-29(20-16-27)33(36)37-23-24(3)5-2/h12-22,24H,4-11,23H2,1-3H3,(H,34,35). The monoisotopic (exact) mass is 500 g/mol. The number of aryl methyl sites for hydroxylation is 1. The number of benzene rings is 3. The van der Waals surface area contributed by atoms with E-state index in [0.717, 1.165) is 41.5 Å². The SMILES string of the molecule is CCCCCCCCc1ccc(C(=O)O)c(-c2ccc(-c3ccc(C(=O)OCC(C)CC)cc3)cc2)c1. The lowest BCUT2D eigenvalue weighted by molar-refractivity contribution is 0.0447. The molecule has 0 aliphatic heterocycles. The summed E-state index contributed by atoms with van der Waals surface area (Å²) in [6, 6.07) is 21.1. The quantitative estimate of drug-likeness (QED) is 0.177. The van der Waals surface area contributed by atoms with E-state index in [0.29, 0.717) is 23.7 Å². The molecule has 0 spiro atoms. The minimum absolute atomic E-state index is 0.302. The molecule has 1 atom stereocenters. The lowest BCUT2D eigenvalue weighted by Gasteiger charge is -2.11. The van der Waals surface area contributed by atoms with E-state index in [1.807, 2.05) is 48.5 Å². The molecule has 4 heteroatoms. The average Bonchev–Trinajstić information content (AvgIpc) is 2.93. The maximum absolute atomic E-state index is 12.3. The number of hydrogen-bond acceptors (Lipinski definition) is 3. The molecule has 0 bridgehead atoms. The van der Waals surface area contributed by atoms with E-state index in [9.17, 15) is 14.7 Å². The number of carbonyl (C=O) groups is 2. The van der Waals surface area contributed by atoms with E-state index in [1.54, 1.807) is 18.2 Å². The molecule has 0 fully saturated rings. The van der Waals surface area contributed by atoms with Crippen molar-refractivity contribution in [2.75, 3.05) is 6.61 Å².